The van der Waals surface area contributed by atoms with Gasteiger partial charge in [-0.05, 0) is 30.9 Å². The van der Waals surface area contributed by atoms with E-state index in [0.29, 0.717) is 0 Å². The molecule has 0 saturated carbocycles. The number of hydrogen-bond donors (Lipinski definition) is 2. The molecular formula is C16H24N4. The van der Waals surface area contributed by atoms with Crippen molar-refractivity contribution in [1.29, 1.82) is 0 Å². The molecule has 3 rings (SSSR count). The van der Waals surface area contributed by atoms with Gasteiger partial charge in [-0.2, -0.15) is 0 Å². The first-order chi connectivity index (χ1) is 9.90. The number of likely N-dealkylation sites (tertiary alicyclic amines) is 1. The molecule has 2 heterocycles. The molecule has 108 valence electrons. The van der Waals surface area contributed by atoms with Gasteiger partial charge in [-0.25, -0.2) is 0 Å². The molecule has 2 N–H and O–H groups in total. The maximum absolute atomic E-state index is 4.46. The topological polar surface area (TPSA) is 39.7 Å². The molecule has 20 heavy (non-hydrogen) atoms. The van der Waals surface area contributed by atoms with E-state index in [1.165, 1.54) is 25.1 Å². The molecule has 1 unspecified atom stereocenters. The summed E-state index contributed by atoms with van der Waals surface area (Å²) in [5.74, 6) is 1.74. The van der Waals surface area contributed by atoms with E-state index < -0.39 is 0 Å². The summed E-state index contributed by atoms with van der Waals surface area (Å²) in [6, 6.07) is 10.8. The predicted octanol–water partition coefficient (Wildman–Crippen LogP) is 1.45. The first-order valence-corrected chi connectivity index (χ1v) is 7.68. The smallest absolute Gasteiger partial charge is 0.191 e. The molecule has 4 nitrogen and oxygen atoms in total. The van der Waals surface area contributed by atoms with E-state index in [0.717, 1.165) is 44.5 Å². The van der Waals surface area contributed by atoms with Crippen LogP contribution < -0.4 is 10.6 Å². The largest absolute Gasteiger partial charge is 0.356 e. The van der Waals surface area contributed by atoms with Crippen LogP contribution in [0.5, 0.6) is 0 Å². The number of benzene rings is 1. The Morgan fingerprint density at radius 2 is 2.20 bits per heavy atom. The highest BCUT2D eigenvalue weighted by Gasteiger charge is 2.22. The molecule has 1 saturated heterocycles. The lowest BCUT2D eigenvalue weighted by molar-refractivity contribution is 0.316. The van der Waals surface area contributed by atoms with Crippen LogP contribution in [0.15, 0.2) is 35.3 Å². The summed E-state index contributed by atoms with van der Waals surface area (Å²) in [5.41, 5.74) is 1.42. The zero-order valence-corrected chi connectivity index (χ0v) is 12.0. The fourth-order valence-corrected chi connectivity index (χ4v) is 2.96. The average Bonchev–Trinajstić information content (AvgIpc) is 2.95. The van der Waals surface area contributed by atoms with Gasteiger partial charge < -0.3 is 10.6 Å². The van der Waals surface area contributed by atoms with Crippen molar-refractivity contribution in [2.75, 3.05) is 32.7 Å². The summed E-state index contributed by atoms with van der Waals surface area (Å²) in [5, 5.41) is 6.78. The Morgan fingerprint density at radius 1 is 1.30 bits per heavy atom. The zero-order chi connectivity index (χ0) is 13.6. The highest BCUT2D eigenvalue weighted by Crippen LogP contribution is 2.17. The van der Waals surface area contributed by atoms with Gasteiger partial charge in [-0.15, -0.1) is 0 Å². The first kappa shape index (κ1) is 13.4. The van der Waals surface area contributed by atoms with Gasteiger partial charge in [0, 0.05) is 32.7 Å². The Balaban J connectivity index is 1.42. The Bertz CT molecular complexity index is 443. The maximum atomic E-state index is 4.46. The summed E-state index contributed by atoms with van der Waals surface area (Å²) >= 11 is 0. The fraction of sp³-hybridized carbons (Fsp3) is 0.562. The number of aliphatic imine (C=N–C) groups is 1. The van der Waals surface area contributed by atoms with Crippen LogP contribution in [-0.2, 0) is 6.54 Å². The van der Waals surface area contributed by atoms with Crippen LogP contribution in [0.2, 0.25) is 0 Å². The van der Waals surface area contributed by atoms with Crippen LogP contribution in [0.4, 0.5) is 0 Å². The fourth-order valence-electron chi connectivity index (χ4n) is 2.96. The Morgan fingerprint density at radius 3 is 3.00 bits per heavy atom. The second-order valence-corrected chi connectivity index (χ2v) is 5.77. The van der Waals surface area contributed by atoms with E-state index in [9.17, 15) is 0 Å². The Kier molecular flexibility index (Phi) is 4.53. The number of hydrogen-bond acceptors (Lipinski definition) is 4. The van der Waals surface area contributed by atoms with Gasteiger partial charge in [0.25, 0.3) is 0 Å². The molecule has 1 aromatic rings. The van der Waals surface area contributed by atoms with Crippen molar-refractivity contribution in [1.82, 2.24) is 15.5 Å². The lowest BCUT2D eigenvalue weighted by Crippen LogP contribution is -2.42. The molecule has 2 aliphatic heterocycles. The van der Waals surface area contributed by atoms with Crippen LogP contribution in [0.1, 0.15) is 18.4 Å². The van der Waals surface area contributed by atoms with E-state index in [4.69, 9.17) is 0 Å². The normalized spacial score (nSPS) is 23.2. The van der Waals surface area contributed by atoms with Crippen LogP contribution in [0.3, 0.4) is 0 Å². The third-order valence-corrected chi connectivity index (χ3v) is 4.07. The summed E-state index contributed by atoms with van der Waals surface area (Å²) in [4.78, 5) is 7.01. The molecule has 0 aromatic heterocycles. The standard InChI is InChI=1S/C16H24N4/c1-2-5-14(6-3-1)12-20-10-7-15(13-20)11-19-16-17-8-4-9-18-16/h1-3,5-6,15H,4,7-13H2,(H2,17,18,19). The minimum Gasteiger partial charge on any atom is -0.356 e. The van der Waals surface area contributed by atoms with Gasteiger partial charge in [-0.3, -0.25) is 9.89 Å². The van der Waals surface area contributed by atoms with E-state index in [-0.39, 0.29) is 0 Å². The third kappa shape index (κ3) is 3.73. The highest BCUT2D eigenvalue weighted by molar-refractivity contribution is 5.80. The van der Waals surface area contributed by atoms with Crippen molar-refractivity contribution in [2.45, 2.75) is 19.4 Å². The molecule has 0 radical (unpaired) electrons. The van der Waals surface area contributed by atoms with E-state index >= 15 is 0 Å². The molecule has 1 atom stereocenters. The predicted molar refractivity (Wildman–Crippen MR) is 82.8 cm³/mol. The summed E-state index contributed by atoms with van der Waals surface area (Å²) in [6.07, 6.45) is 2.44. The number of rotatable bonds is 4. The van der Waals surface area contributed by atoms with E-state index in [1.54, 1.807) is 0 Å². The van der Waals surface area contributed by atoms with E-state index in [1.807, 2.05) is 0 Å². The van der Waals surface area contributed by atoms with Crippen LogP contribution in [0, 0.1) is 5.92 Å². The van der Waals surface area contributed by atoms with Gasteiger partial charge in [0.2, 0.25) is 0 Å². The van der Waals surface area contributed by atoms with Gasteiger partial charge in [0.05, 0.1) is 0 Å². The molecule has 0 spiro atoms. The van der Waals surface area contributed by atoms with E-state index in [2.05, 4.69) is 50.9 Å². The molecule has 0 amide bonds. The van der Waals surface area contributed by atoms with Gasteiger partial charge in [0.1, 0.15) is 0 Å². The molecule has 1 fully saturated rings. The minimum absolute atomic E-state index is 0.741. The molecule has 1 aromatic carbocycles. The third-order valence-electron chi connectivity index (χ3n) is 4.07. The van der Waals surface area contributed by atoms with Gasteiger partial charge in [-0.1, -0.05) is 30.3 Å². The second kappa shape index (κ2) is 6.75. The number of nitrogens with one attached hydrogen (secondary N) is 2. The van der Waals surface area contributed by atoms with Crippen molar-refractivity contribution >= 4 is 5.96 Å². The summed E-state index contributed by atoms with van der Waals surface area (Å²) < 4.78 is 0. The molecule has 0 bridgehead atoms. The van der Waals surface area contributed by atoms with Crippen molar-refractivity contribution in [3.63, 3.8) is 0 Å². The lowest BCUT2D eigenvalue weighted by Gasteiger charge is -2.19. The number of nitrogens with zero attached hydrogens (tertiary/aromatic N) is 2. The van der Waals surface area contributed by atoms with Crippen LogP contribution >= 0.6 is 0 Å². The van der Waals surface area contributed by atoms with Crippen LogP contribution in [0.25, 0.3) is 0 Å². The second-order valence-electron chi connectivity index (χ2n) is 5.77. The van der Waals surface area contributed by atoms with Gasteiger partial charge in [0.15, 0.2) is 5.96 Å². The molecule has 2 aliphatic rings. The van der Waals surface area contributed by atoms with Crippen molar-refractivity contribution in [3.05, 3.63) is 35.9 Å². The monoisotopic (exact) mass is 272 g/mol. The molecule has 0 aliphatic carbocycles. The first-order valence-electron chi connectivity index (χ1n) is 7.68. The zero-order valence-electron chi connectivity index (χ0n) is 12.0. The average molecular weight is 272 g/mol. The molecule has 4 heteroatoms. The quantitative estimate of drug-likeness (QED) is 0.871. The van der Waals surface area contributed by atoms with Crippen molar-refractivity contribution < 1.29 is 0 Å². The minimum atomic E-state index is 0.741. The highest BCUT2D eigenvalue weighted by atomic mass is 15.2. The Hall–Kier alpha value is -1.55. The summed E-state index contributed by atoms with van der Waals surface area (Å²) in [6.45, 7) is 6.53. The summed E-state index contributed by atoms with van der Waals surface area (Å²) in [7, 11) is 0. The maximum Gasteiger partial charge on any atom is 0.191 e. The number of guanidine groups is 1. The SMILES string of the molecule is c1ccc(CN2CCC(CNC3=NCCCN3)C2)cc1. The lowest BCUT2D eigenvalue weighted by atomic mass is 10.1. The van der Waals surface area contributed by atoms with Crippen molar-refractivity contribution in [2.24, 2.45) is 10.9 Å². The molecular weight excluding hydrogens is 248 g/mol. The van der Waals surface area contributed by atoms with Gasteiger partial charge >= 0.3 is 0 Å². The van der Waals surface area contributed by atoms with Crippen LogP contribution in [-0.4, -0.2) is 43.6 Å². The Labute approximate surface area is 121 Å². The van der Waals surface area contributed by atoms with Crippen molar-refractivity contribution in [3.8, 4) is 0 Å².